The van der Waals surface area contributed by atoms with Gasteiger partial charge in [0.1, 0.15) is 10.8 Å². The Kier molecular flexibility index (Phi) is 5.35. The van der Waals surface area contributed by atoms with E-state index in [1.54, 1.807) is 11.3 Å². The number of ether oxygens (including phenoxy) is 1. The van der Waals surface area contributed by atoms with Gasteiger partial charge in [0.25, 0.3) is 0 Å². The molecule has 2 aromatic rings. The maximum atomic E-state index is 12.5. The average Bonchev–Trinajstić information content (AvgIpc) is 2.91. The second-order valence-electron chi connectivity index (χ2n) is 5.99. The molecule has 0 radical (unpaired) electrons. The Morgan fingerprint density at radius 3 is 3.04 bits per heavy atom. The molecule has 128 valence electrons. The molecule has 1 aromatic heterocycles. The van der Waals surface area contributed by atoms with E-state index in [0.717, 1.165) is 41.3 Å². The van der Waals surface area contributed by atoms with Crippen molar-refractivity contribution < 1.29 is 9.53 Å². The summed E-state index contributed by atoms with van der Waals surface area (Å²) < 4.78 is 5.75. The van der Waals surface area contributed by atoms with Crippen molar-refractivity contribution in [3.63, 3.8) is 0 Å². The van der Waals surface area contributed by atoms with Gasteiger partial charge in [0, 0.05) is 16.6 Å². The quantitative estimate of drug-likeness (QED) is 0.876. The number of rotatable bonds is 4. The van der Waals surface area contributed by atoms with Gasteiger partial charge in [-0.15, -0.1) is 11.3 Å². The second kappa shape index (κ2) is 7.66. The molecule has 6 heteroatoms. The van der Waals surface area contributed by atoms with Crippen LogP contribution in [-0.2, 0) is 0 Å². The highest BCUT2D eigenvalue weighted by molar-refractivity contribution is 7.09. The van der Waals surface area contributed by atoms with Crippen LogP contribution >= 0.6 is 11.3 Å². The molecule has 3 rings (SSSR count). The largest absolute Gasteiger partial charge is 0.493 e. The van der Waals surface area contributed by atoms with Crippen molar-refractivity contribution in [2.45, 2.75) is 45.2 Å². The van der Waals surface area contributed by atoms with E-state index < -0.39 is 0 Å². The number of carbonyl (C=O) groups excluding carboxylic acids is 1. The van der Waals surface area contributed by atoms with Crippen LogP contribution < -0.4 is 15.4 Å². The van der Waals surface area contributed by atoms with Gasteiger partial charge in [-0.1, -0.05) is 25.1 Å². The van der Waals surface area contributed by atoms with Crippen molar-refractivity contribution >= 4 is 17.4 Å². The summed E-state index contributed by atoms with van der Waals surface area (Å²) in [6.07, 6.45) is 2.60. The lowest BCUT2D eigenvalue weighted by Gasteiger charge is -2.21. The molecule has 0 fully saturated rings. The Morgan fingerprint density at radius 1 is 1.46 bits per heavy atom. The van der Waals surface area contributed by atoms with Crippen molar-refractivity contribution in [3.8, 4) is 5.75 Å². The zero-order chi connectivity index (χ0) is 16.9. The van der Waals surface area contributed by atoms with Gasteiger partial charge in [-0.3, -0.25) is 0 Å². The number of benzene rings is 1. The smallest absolute Gasteiger partial charge is 0.315 e. The summed E-state index contributed by atoms with van der Waals surface area (Å²) in [5, 5.41) is 9.12. The number of hydrogen-bond acceptors (Lipinski definition) is 4. The van der Waals surface area contributed by atoms with E-state index in [1.165, 1.54) is 0 Å². The summed E-state index contributed by atoms with van der Waals surface area (Å²) >= 11 is 1.59. The molecule has 2 heterocycles. The van der Waals surface area contributed by atoms with Crippen LogP contribution in [0.1, 0.15) is 54.5 Å². The highest BCUT2D eigenvalue weighted by Gasteiger charge is 2.23. The lowest BCUT2D eigenvalue weighted by Crippen LogP contribution is -2.39. The molecular weight excluding hydrogens is 322 g/mol. The van der Waals surface area contributed by atoms with Crippen LogP contribution in [0.25, 0.3) is 0 Å². The first-order valence-electron chi connectivity index (χ1n) is 8.38. The van der Waals surface area contributed by atoms with Crippen molar-refractivity contribution in [2.24, 2.45) is 0 Å². The lowest BCUT2D eigenvalue weighted by atomic mass is 10.0. The molecule has 2 unspecified atom stereocenters. The molecule has 0 bridgehead atoms. The second-order valence-corrected chi connectivity index (χ2v) is 6.88. The molecule has 0 spiro atoms. The standard InChI is InChI=1S/C18H23N3O2S/c1-3-14(17-19-12(2)11-24-17)20-18(22)21-15-8-6-10-23-16-9-5-4-7-13(15)16/h4-5,7,9,11,14-15H,3,6,8,10H2,1-2H3,(H2,20,21,22). The first kappa shape index (κ1) is 16.8. The maximum Gasteiger partial charge on any atom is 0.315 e. The van der Waals surface area contributed by atoms with E-state index in [4.69, 9.17) is 4.74 Å². The minimum Gasteiger partial charge on any atom is -0.493 e. The van der Waals surface area contributed by atoms with Crippen molar-refractivity contribution in [3.05, 3.63) is 45.9 Å². The van der Waals surface area contributed by atoms with Gasteiger partial charge in [-0.25, -0.2) is 9.78 Å². The molecule has 1 aliphatic heterocycles. The van der Waals surface area contributed by atoms with Crippen LogP contribution in [0.4, 0.5) is 4.79 Å². The van der Waals surface area contributed by atoms with Gasteiger partial charge in [-0.2, -0.15) is 0 Å². The summed E-state index contributed by atoms with van der Waals surface area (Å²) in [5.41, 5.74) is 2.04. The van der Waals surface area contributed by atoms with E-state index in [9.17, 15) is 4.79 Å². The number of para-hydroxylation sites is 1. The number of thiazole rings is 1. The van der Waals surface area contributed by atoms with Crippen molar-refractivity contribution in [1.29, 1.82) is 0 Å². The zero-order valence-electron chi connectivity index (χ0n) is 14.0. The van der Waals surface area contributed by atoms with Gasteiger partial charge >= 0.3 is 6.03 Å². The average molecular weight is 345 g/mol. The molecule has 1 aromatic carbocycles. The van der Waals surface area contributed by atoms with Crippen molar-refractivity contribution in [2.75, 3.05) is 6.61 Å². The number of carbonyl (C=O) groups is 1. The van der Waals surface area contributed by atoms with Gasteiger partial charge in [0.15, 0.2) is 0 Å². The molecule has 2 amide bonds. The Balaban J connectivity index is 1.68. The van der Waals surface area contributed by atoms with Gasteiger partial charge in [-0.05, 0) is 32.3 Å². The Bertz CT molecular complexity index is 701. The van der Waals surface area contributed by atoms with E-state index in [-0.39, 0.29) is 18.1 Å². The Labute approximate surface area is 146 Å². The third kappa shape index (κ3) is 3.87. The number of fused-ring (bicyclic) bond motifs is 1. The lowest BCUT2D eigenvalue weighted by molar-refractivity contribution is 0.232. The minimum absolute atomic E-state index is 0.0285. The SMILES string of the molecule is CCC(NC(=O)NC1CCCOc2ccccc21)c1nc(C)cs1. The monoisotopic (exact) mass is 345 g/mol. The fourth-order valence-corrected chi connectivity index (χ4v) is 3.83. The van der Waals surface area contributed by atoms with Crippen LogP contribution in [0.3, 0.4) is 0 Å². The predicted octanol–water partition coefficient (Wildman–Crippen LogP) is 4.12. The van der Waals surface area contributed by atoms with Crippen LogP contribution in [0.15, 0.2) is 29.6 Å². The zero-order valence-corrected chi connectivity index (χ0v) is 14.9. The Morgan fingerprint density at radius 2 is 2.29 bits per heavy atom. The number of nitrogens with zero attached hydrogens (tertiary/aromatic N) is 1. The topological polar surface area (TPSA) is 63.2 Å². The van der Waals surface area contributed by atoms with E-state index in [0.29, 0.717) is 6.61 Å². The number of aromatic nitrogens is 1. The third-order valence-electron chi connectivity index (χ3n) is 4.14. The van der Waals surface area contributed by atoms with Crippen LogP contribution in [0.2, 0.25) is 0 Å². The number of aryl methyl sites for hydroxylation is 1. The van der Waals surface area contributed by atoms with Gasteiger partial charge < -0.3 is 15.4 Å². The molecular formula is C18H23N3O2S. The number of urea groups is 1. The molecule has 2 N–H and O–H groups in total. The molecule has 1 aliphatic rings. The summed E-state index contributed by atoms with van der Waals surface area (Å²) in [4.78, 5) is 17.0. The first-order valence-corrected chi connectivity index (χ1v) is 9.26. The summed E-state index contributed by atoms with van der Waals surface area (Å²) in [6.45, 7) is 4.71. The van der Waals surface area contributed by atoms with Crippen molar-refractivity contribution in [1.82, 2.24) is 15.6 Å². The molecule has 0 aliphatic carbocycles. The van der Waals surface area contributed by atoms with E-state index in [2.05, 4.69) is 22.5 Å². The number of amides is 2. The highest BCUT2D eigenvalue weighted by Crippen LogP contribution is 2.31. The third-order valence-corrected chi connectivity index (χ3v) is 5.22. The molecule has 5 nitrogen and oxygen atoms in total. The van der Waals surface area contributed by atoms with E-state index in [1.807, 2.05) is 36.6 Å². The fraction of sp³-hybridized carbons (Fsp3) is 0.444. The Hall–Kier alpha value is -2.08. The fourth-order valence-electron chi connectivity index (χ4n) is 2.90. The summed E-state index contributed by atoms with van der Waals surface area (Å²) in [7, 11) is 0. The summed E-state index contributed by atoms with van der Waals surface area (Å²) in [6, 6.07) is 7.68. The molecule has 24 heavy (non-hydrogen) atoms. The minimum atomic E-state index is -0.156. The molecule has 0 saturated heterocycles. The molecule has 0 saturated carbocycles. The predicted molar refractivity (Wildman–Crippen MR) is 95.5 cm³/mol. The van der Waals surface area contributed by atoms with Gasteiger partial charge in [0.05, 0.1) is 18.7 Å². The highest BCUT2D eigenvalue weighted by atomic mass is 32.1. The normalized spacial score (nSPS) is 18.0. The van der Waals surface area contributed by atoms with E-state index >= 15 is 0 Å². The molecule has 2 atom stereocenters. The van der Waals surface area contributed by atoms with Crippen LogP contribution in [-0.4, -0.2) is 17.6 Å². The van der Waals surface area contributed by atoms with Crippen LogP contribution in [0, 0.1) is 6.92 Å². The first-order chi connectivity index (χ1) is 11.7. The van der Waals surface area contributed by atoms with Crippen LogP contribution in [0.5, 0.6) is 5.75 Å². The number of nitrogens with one attached hydrogen (secondary N) is 2. The maximum absolute atomic E-state index is 12.5. The van der Waals surface area contributed by atoms with Gasteiger partial charge in [0.2, 0.25) is 0 Å². The summed E-state index contributed by atoms with van der Waals surface area (Å²) in [5.74, 6) is 0.864. The number of hydrogen-bond donors (Lipinski definition) is 2.